The van der Waals surface area contributed by atoms with Crippen LogP contribution < -0.4 is 0 Å². The van der Waals surface area contributed by atoms with Crippen LogP contribution in [0.15, 0.2) is 182 Å². The summed E-state index contributed by atoms with van der Waals surface area (Å²) in [5.74, 6) is 0.762. The molecule has 2 aromatic heterocycles. The van der Waals surface area contributed by atoms with Crippen LogP contribution in [0.1, 0.15) is 65.7 Å². The summed E-state index contributed by atoms with van der Waals surface area (Å²) in [6, 6.07) is 61.1. The topological polar surface area (TPSA) is 50.9 Å². The Balaban J connectivity index is 1.41. The summed E-state index contributed by atoms with van der Waals surface area (Å²) >= 11 is 0. The quantitative estimate of drug-likeness (QED) is 0.179. The minimum absolute atomic E-state index is 0.291. The maximum absolute atomic E-state index is 14.0. The molecule has 4 heteroatoms. The number of hydrogen-bond donors (Lipinski definition) is 1. The molecule has 1 N–H and O–H groups in total. The van der Waals surface area contributed by atoms with Gasteiger partial charge in [0.05, 0.1) is 16.8 Å². The van der Waals surface area contributed by atoms with Gasteiger partial charge in [-0.1, -0.05) is 185 Å². The second-order valence-corrected chi connectivity index (χ2v) is 15.6. The van der Waals surface area contributed by atoms with Crippen LogP contribution in [0.3, 0.4) is 0 Å². The third-order valence-electron chi connectivity index (χ3n) is 11.3. The van der Waals surface area contributed by atoms with E-state index in [4.69, 9.17) is 9.97 Å². The Morgan fingerprint density at radius 2 is 1.04 bits per heavy atom. The van der Waals surface area contributed by atoms with E-state index in [1.807, 2.05) is 72.4 Å². The highest BCUT2D eigenvalue weighted by Crippen LogP contribution is 2.56. The predicted octanol–water partition coefficient (Wildman–Crippen LogP) is 11.1. The van der Waals surface area contributed by atoms with Crippen LogP contribution in [0.2, 0.25) is 0 Å². The van der Waals surface area contributed by atoms with Gasteiger partial charge in [0.2, 0.25) is 0 Å². The van der Waals surface area contributed by atoms with E-state index in [9.17, 15) is 5.11 Å². The Hall–Kier alpha value is -6.36. The maximum atomic E-state index is 14.0. The van der Waals surface area contributed by atoms with Crippen LogP contribution in [0.4, 0.5) is 0 Å². The number of fused-ring (bicyclic) bond motifs is 3. The lowest BCUT2D eigenvalue weighted by Gasteiger charge is -2.36. The maximum Gasteiger partial charge on any atom is 0.176 e. The van der Waals surface area contributed by atoms with Crippen molar-refractivity contribution in [3.63, 3.8) is 0 Å². The molecule has 0 saturated heterocycles. The Bertz CT molecular complexity index is 2610. The van der Waals surface area contributed by atoms with Crippen LogP contribution in [0, 0.1) is 0 Å². The van der Waals surface area contributed by atoms with Gasteiger partial charge in [-0.3, -0.25) is 4.98 Å². The highest BCUT2D eigenvalue weighted by atomic mass is 16.3. The zero-order valence-electron chi connectivity index (χ0n) is 31.6. The third-order valence-corrected chi connectivity index (χ3v) is 11.3. The van der Waals surface area contributed by atoms with Crippen LogP contribution >= 0.6 is 0 Å². The second kappa shape index (κ2) is 13.2. The van der Waals surface area contributed by atoms with Crippen molar-refractivity contribution in [2.24, 2.45) is 7.05 Å². The van der Waals surface area contributed by atoms with E-state index < -0.39 is 11.0 Å². The summed E-state index contributed by atoms with van der Waals surface area (Å²) in [5.41, 5.74) is 9.57. The lowest BCUT2D eigenvalue weighted by Crippen LogP contribution is -2.36. The van der Waals surface area contributed by atoms with Crippen molar-refractivity contribution in [2.45, 2.75) is 37.2 Å². The van der Waals surface area contributed by atoms with Crippen molar-refractivity contribution < 1.29 is 5.11 Å². The van der Waals surface area contributed by atoms with Crippen molar-refractivity contribution in [2.75, 3.05) is 0 Å². The molecule has 0 fully saturated rings. The first-order valence-electron chi connectivity index (χ1n) is 19.0. The van der Waals surface area contributed by atoms with Crippen molar-refractivity contribution in [1.82, 2.24) is 14.5 Å². The van der Waals surface area contributed by atoms with E-state index in [1.165, 1.54) is 22.3 Å². The van der Waals surface area contributed by atoms with Crippen LogP contribution in [0.5, 0.6) is 0 Å². The van der Waals surface area contributed by atoms with Gasteiger partial charge in [-0.25, -0.2) is 4.98 Å². The minimum atomic E-state index is -1.76. The molecule has 268 valence electrons. The molecular formula is C51H43N3O. The molecule has 4 nitrogen and oxygen atoms in total. The molecular weight excluding hydrogens is 671 g/mol. The summed E-state index contributed by atoms with van der Waals surface area (Å²) in [7, 11) is 1.99. The van der Waals surface area contributed by atoms with Gasteiger partial charge >= 0.3 is 0 Å². The molecule has 55 heavy (non-hydrogen) atoms. The molecule has 1 aliphatic carbocycles. The Labute approximate surface area is 323 Å². The predicted molar refractivity (Wildman–Crippen MR) is 223 cm³/mol. The van der Waals surface area contributed by atoms with Gasteiger partial charge < -0.3 is 9.67 Å². The molecule has 1 atom stereocenters. The number of rotatable bonds is 7. The number of imidazole rings is 1. The van der Waals surface area contributed by atoms with Gasteiger partial charge in [-0.2, -0.15) is 0 Å². The van der Waals surface area contributed by atoms with E-state index >= 15 is 0 Å². The van der Waals surface area contributed by atoms with Crippen LogP contribution in [-0.4, -0.2) is 19.6 Å². The summed E-state index contributed by atoms with van der Waals surface area (Å²) in [4.78, 5) is 11.0. The molecule has 0 amide bonds. The number of aliphatic hydroxyl groups is 1. The zero-order chi connectivity index (χ0) is 37.8. The van der Waals surface area contributed by atoms with Gasteiger partial charge in [0.1, 0.15) is 11.5 Å². The largest absolute Gasteiger partial charge is 0.373 e. The van der Waals surface area contributed by atoms with E-state index in [-0.39, 0.29) is 5.41 Å². The van der Waals surface area contributed by atoms with Gasteiger partial charge in [0, 0.05) is 24.4 Å². The summed E-state index contributed by atoms with van der Waals surface area (Å²) < 4.78 is 2.00. The number of hydrogen-bond acceptors (Lipinski definition) is 3. The zero-order valence-corrected chi connectivity index (χ0v) is 31.6. The first-order valence-corrected chi connectivity index (χ1v) is 19.0. The highest BCUT2D eigenvalue weighted by Gasteiger charge is 2.49. The fourth-order valence-electron chi connectivity index (χ4n) is 8.57. The molecule has 8 aromatic rings. The number of benzene rings is 6. The first kappa shape index (κ1) is 34.4. The second-order valence-electron chi connectivity index (χ2n) is 15.6. The first-order chi connectivity index (χ1) is 26.7. The number of aromatic nitrogens is 3. The molecule has 0 spiro atoms. The molecule has 0 saturated carbocycles. The minimum Gasteiger partial charge on any atom is -0.373 e. The van der Waals surface area contributed by atoms with Gasteiger partial charge in [0.15, 0.2) is 5.60 Å². The Kier molecular flexibility index (Phi) is 8.25. The van der Waals surface area contributed by atoms with Gasteiger partial charge in [0.25, 0.3) is 0 Å². The van der Waals surface area contributed by atoms with Crippen LogP contribution in [0.25, 0.3) is 33.6 Å². The van der Waals surface area contributed by atoms with Crippen molar-refractivity contribution in [3.8, 4) is 33.6 Å². The van der Waals surface area contributed by atoms with E-state index in [2.05, 4.69) is 142 Å². The molecule has 1 unspecified atom stereocenters. The lowest BCUT2D eigenvalue weighted by molar-refractivity contribution is 0.116. The lowest BCUT2D eigenvalue weighted by atomic mass is 9.68. The van der Waals surface area contributed by atoms with E-state index in [0.29, 0.717) is 17.0 Å². The number of nitrogens with zero attached hydrogens (tertiary/aromatic N) is 3. The van der Waals surface area contributed by atoms with Gasteiger partial charge in [-0.05, 0) is 62.1 Å². The van der Waals surface area contributed by atoms with Crippen molar-refractivity contribution in [1.29, 1.82) is 0 Å². The fourth-order valence-corrected chi connectivity index (χ4v) is 8.57. The van der Waals surface area contributed by atoms with Crippen molar-refractivity contribution >= 4 is 0 Å². The normalized spacial score (nSPS) is 14.2. The fraction of sp³-hybridized carbons (Fsp3) is 0.137. The molecule has 2 heterocycles. The monoisotopic (exact) mass is 713 g/mol. The third kappa shape index (κ3) is 5.47. The van der Waals surface area contributed by atoms with Crippen LogP contribution in [-0.2, 0) is 23.5 Å². The molecule has 6 aromatic carbocycles. The molecule has 0 bridgehead atoms. The van der Waals surface area contributed by atoms with E-state index in [0.717, 1.165) is 39.3 Å². The number of pyridine rings is 1. The molecule has 0 radical (unpaired) electrons. The Morgan fingerprint density at radius 1 is 0.527 bits per heavy atom. The average Bonchev–Trinajstić information content (AvgIpc) is 3.77. The van der Waals surface area contributed by atoms with Gasteiger partial charge in [-0.15, -0.1) is 0 Å². The Morgan fingerprint density at radius 3 is 1.64 bits per heavy atom. The highest BCUT2D eigenvalue weighted by molar-refractivity contribution is 5.86. The number of aryl methyl sites for hydroxylation is 1. The molecule has 0 aliphatic heterocycles. The summed E-state index contributed by atoms with van der Waals surface area (Å²) in [6.45, 7) is 6.69. The summed E-state index contributed by atoms with van der Waals surface area (Å²) in [6.07, 6.45) is 1.96. The molecule has 1 aliphatic rings. The SMILES string of the molecule is Cn1cc(C(O)(c2cc(C(C)(C)C)cc(C3(c4ccccc4)c4ccccc4-c4ccccc43)n2)c2ccccc2-c2ccccc2)nc1-c1ccccc1. The van der Waals surface area contributed by atoms with E-state index in [1.54, 1.807) is 0 Å². The average molecular weight is 714 g/mol. The molecule has 9 rings (SSSR count). The summed E-state index contributed by atoms with van der Waals surface area (Å²) in [5, 5.41) is 14.0. The van der Waals surface area contributed by atoms with Crippen molar-refractivity contribution in [3.05, 3.63) is 227 Å². The smallest absolute Gasteiger partial charge is 0.176 e. The standard InChI is InChI=1S/C51H43N3O/c1-49(2,3)38-32-45(50(37-24-12-7-13-25-37)42-29-17-15-27-40(42)41-28-16-18-30-43(41)50)52-46(33-38)51(55,44-31-19-14-26-39(44)35-20-8-5-9-21-35)47-34-54(4)48(53-47)36-22-10-6-11-23-36/h5-34,55H,1-4H3.